The normalized spacial score (nSPS) is 10.5. The fourth-order valence-electron chi connectivity index (χ4n) is 2.54. The topological polar surface area (TPSA) is 57.8 Å². The van der Waals surface area contributed by atoms with Gasteiger partial charge in [0.25, 0.3) is 5.91 Å². The van der Waals surface area contributed by atoms with E-state index in [1.807, 2.05) is 55.5 Å². The van der Waals surface area contributed by atoms with Crippen LogP contribution in [0.3, 0.4) is 0 Å². The summed E-state index contributed by atoms with van der Waals surface area (Å²) in [5.41, 5.74) is 4.65. The molecule has 0 bridgehead atoms. The number of hydrogen-bond donors (Lipinski definition) is 2. The molecule has 0 spiro atoms. The predicted molar refractivity (Wildman–Crippen MR) is 92.1 cm³/mol. The van der Waals surface area contributed by atoms with Crippen LogP contribution >= 0.6 is 0 Å². The van der Waals surface area contributed by atoms with Gasteiger partial charge in [0.05, 0.1) is 5.69 Å². The molecule has 2 aromatic carbocycles. The number of aromatic nitrogens is 2. The number of rotatable bonds is 5. The molecule has 0 radical (unpaired) electrons. The number of amides is 1. The van der Waals surface area contributed by atoms with E-state index in [9.17, 15) is 4.79 Å². The number of hydrogen-bond acceptors (Lipinski definition) is 2. The van der Waals surface area contributed by atoms with E-state index in [1.54, 1.807) is 6.20 Å². The molecule has 2 N–H and O–H groups in total. The van der Waals surface area contributed by atoms with Crippen molar-refractivity contribution in [3.05, 3.63) is 66.4 Å². The van der Waals surface area contributed by atoms with Crippen LogP contribution in [0.5, 0.6) is 0 Å². The molecule has 3 rings (SSSR count). The first kappa shape index (κ1) is 15.0. The van der Waals surface area contributed by atoms with E-state index in [-0.39, 0.29) is 5.91 Å². The van der Waals surface area contributed by atoms with Crippen molar-refractivity contribution in [2.45, 2.75) is 13.3 Å². The Bertz CT molecular complexity index is 794. The van der Waals surface area contributed by atoms with Gasteiger partial charge in [-0.15, -0.1) is 0 Å². The molecule has 0 fully saturated rings. The predicted octanol–water partition coefficient (Wildman–Crippen LogP) is 3.88. The number of nitrogens with zero attached hydrogens (tertiary/aromatic N) is 1. The standard InChI is InChI=1S/C19H19N3O/c1-2-11-20-19(23)17-9-4-3-8-16(17)14-6-5-7-15(13-14)18-10-12-21-22-18/h3-10,12-13H,2,11H2,1H3,(H,20,23)(H,21,22). The van der Waals surface area contributed by atoms with E-state index in [0.717, 1.165) is 28.8 Å². The lowest BCUT2D eigenvalue weighted by Crippen LogP contribution is -2.24. The second kappa shape index (κ2) is 6.92. The molecule has 1 amide bonds. The zero-order valence-corrected chi connectivity index (χ0v) is 13.0. The van der Waals surface area contributed by atoms with Crippen molar-refractivity contribution in [2.24, 2.45) is 0 Å². The van der Waals surface area contributed by atoms with Crippen LogP contribution in [0.4, 0.5) is 0 Å². The third kappa shape index (κ3) is 3.31. The Kier molecular flexibility index (Phi) is 4.52. The first-order valence-corrected chi connectivity index (χ1v) is 7.77. The van der Waals surface area contributed by atoms with Crippen LogP contribution in [0.15, 0.2) is 60.8 Å². The Labute approximate surface area is 135 Å². The lowest BCUT2D eigenvalue weighted by atomic mass is 9.97. The summed E-state index contributed by atoms with van der Waals surface area (Å²) >= 11 is 0. The van der Waals surface area contributed by atoms with Gasteiger partial charge >= 0.3 is 0 Å². The van der Waals surface area contributed by atoms with Crippen LogP contribution in [0.1, 0.15) is 23.7 Å². The van der Waals surface area contributed by atoms with E-state index in [0.29, 0.717) is 12.1 Å². The monoisotopic (exact) mass is 305 g/mol. The Hall–Kier alpha value is -2.88. The van der Waals surface area contributed by atoms with Gasteiger partial charge in [-0.1, -0.05) is 43.3 Å². The quantitative estimate of drug-likeness (QED) is 0.751. The lowest BCUT2D eigenvalue weighted by molar-refractivity contribution is 0.0954. The molecule has 0 unspecified atom stereocenters. The number of H-pyrrole nitrogens is 1. The largest absolute Gasteiger partial charge is 0.352 e. The van der Waals surface area contributed by atoms with Crippen LogP contribution < -0.4 is 5.32 Å². The Morgan fingerprint density at radius 2 is 1.91 bits per heavy atom. The smallest absolute Gasteiger partial charge is 0.251 e. The van der Waals surface area contributed by atoms with E-state index in [1.165, 1.54) is 0 Å². The molecule has 0 aliphatic heterocycles. The van der Waals surface area contributed by atoms with Crippen LogP contribution in [-0.4, -0.2) is 22.6 Å². The highest BCUT2D eigenvalue weighted by Gasteiger charge is 2.12. The maximum Gasteiger partial charge on any atom is 0.251 e. The van der Waals surface area contributed by atoms with Gasteiger partial charge in [-0.2, -0.15) is 5.10 Å². The number of nitrogens with one attached hydrogen (secondary N) is 2. The number of carbonyl (C=O) groups excluding carboxylic acids is 1. The molecule has 4 heteroatoms. The first-order chi connectivity index (χ1) is 11.3. The van der Waals surface area contributed by atoms with Gasteiger partial charge in [-0.25, -0.2) is 0 Å². The zero-order chi connectivity index (χ0) is 16.1. The van der Waals surface area contributed by atoms with Crippen molar-refractivity contribution >= 4 is 5.91 Å². The fraction of sp³-hybridized carbons (Fsp3) is 0.158. The average molecular weight is 305 g/mol. The summed E-state index contributed by atoms with van der Waals surface area (Å²) in [7, 11) is 0. The molecular formula is C19H19N3O. The van der Waals surface area contributed by atoms with Crippen LogP contribution in [0.2, 0.25) is 0 Å². The second-order valence-corrected chi connectivity index (χ2v) is 5.35. The molecule has 0 aliphatic carbocycles. The summed E-state index contributed by atoms with van der Waals surface area (Å²) in [5.74, 6) is -0.0330. The first-order valence-electron chi connectivity index (χ1n) is 7.77. The molecule has 116 valence electrons. The van der Waals surface area contributed by atoms with Gasteiger partial charge in [0, 0.05) is 23.9 Å². The van der Waals surface area contributed by atoms with Crippen LogP contribution in [-0.2, 0) is 0 Å². The molecule has 4 nitrogen and oxygen atoms in total. The molecule has 1 heterocycles. The molecule has 0 atom stereocenters. The highest BCUT2D eigenvalue weighted by Crippen LogP contribution is 2.27. The van der Waals surface area contributed by atoms with Gasteiger partial charge in [0.1, 0.15) is 0 Å². The third-order valence-electron chi connectivity index (χ3n) is 3.69. The summed E-state index contributed by atoms with van der Waals surface area (Å²) in [5, 5.41) is 9.91. The molecule has 23 heavy (non-hydrogen) atoms. The third-order valence-corrected chi connectivity index (χ3v) is 3.69. The van der Waals surface area contributed by atoms with Gasteiger partial charge in [0.2, 0.25) is 0 Å². The van der Waals surface area contributed by atoms with Crippen molar-refractivity contribution in [1.82, 2.24) is 15.5 Å². The fourth-order valence-corrected chi connectivity index (χ4v) is 2.54. The Morgan fingerprint density at radius 1 is 1.09 bits per heavy atom. The van der Waals surface area contributed by atoms with Crippen molar-refractivity contribution < 1.29 is 4.79 Å². The van der Waals surface area contributed by atoms with Gasteiger partial charge in [-0.3, -0.25) is 9.89 Å². The molecule has 3 aromatic rings. The van der Waals surface area contributed by atoms with E-state index in [4.69, 9.17) is 0 Å². The van der Waals surface area contributed by atoms with Gasteiger partial charge in [-0.05, 0) is 35.7 Å². The Balaban J connectivity index is 1.99. The van der Waals surface area contributed by atoms with Crippen molar-refractivity contribution in [2.75, 3.05) is 6.54 Å². The van der Waals surface area contributed by atoms with E-state index < -0.39 is 0 Å². The minimum Gasteiger partial charge on any atom is -0.352 e. The Morgan fingerprint density at radius 3 is 2.70 bits per heavy atom. The molecule has 1 aromatic heterocycles. The molecule has 0 saturated heterocycles. The summed E-state index contributed by atoms with van der Waals surface area (Å²) < 4.78 is 0. The summed E-state index contributed by atoms with van der Waals surface area (Å²) in [6.45, 7) is 2.72. The number of benzene rings is 2. The van der Waals surface area contributed by atoms with E-state index >= 15 is 0 Å². The zero-order valence-electron chi connectivity index (χ0n) is 13.0. The molecule has 0 aliphatic rings. The van der Waals surface area contributed by atoms with Crippen LogP contribution in [0.25, 0.3) is 22.4 Å². The van der Waals surface area contributed by atoms with Gasteiger partial charge < -0.3 is 5.32 Å². The average Bonchev–Trinajstić information content (AvgIpc) is 3.14. The minimum absolute atomic E-state index is 0.0330. The second-order valence-electron chi connectivity index (χ2n) is 5.35. The summed E-state index contributed by atoms with van der Waals surface area (Å²) in [4.78, 5) is 12.4. The SMILES string of the molecule is CCCNC(=O)c1ccccc1-c1cccc(-c2ccn[nH]2)c1. The lowest BCUT2D eigenvalue weighted by Gasteiger charge is -2.11. The summed E-state index contributed by atoms with van der Waals surface area (Å²) in [6, 6.07) is 17.7. The molecule has 0 saturated carbocycles. The molecular weight excluding hydrogens is 286 g/mol. The summed E-state index contributed by atoms with van der Waals surface area (Å²) in [6.07, 6.45) is 2.65. The highest BCUT2D eigenvalue weighted by atomic mass is 16.1. The van der Waals surface area contributed by atoms with Crippen molar-refractivity contribution in [1.29, 1.82) is 0 Å². The maximum atomic E-state index is 12.4. The van der Waals surface area contributed by atoms with Crippen molar-refractivity contribution in [3.8, 4) is 22.4 Å². The van der Waals surface area contributed by atoms with E-state index in [2.05, 4.69) is 21.6 Å². The van der Waals surface area contributed by atoms with Gasteiger partial charge in [0.15, 0.2) is 0 Å². The van der Waals surface area contributed by atoms with Crippen molar-refractivity contribution in [3.63, 3.8) is 0 Å². The minimum atomic E-state index is -0.0330. The number of aromatic amines is 1. The van der Waals surface area contributed by atoms with Crippen LogP contribution in [0, 0.1) is 0 Å². The number of carbonyl (C=O) groups is 1. The maximum absolute atomic E-state index is 12.4. The highest BCUT2D eigenvalue weighted by molar-refractivity contribution is 6.01.